The first-order valence-corrected chi connectivity index (χ1v) is 8.25. The van der Waals surface area contributed by atoms with Crippen molar-refractivity contribution in [1.29, 1.82) is 0 Å². The highest BCUT2D eigenvalue weighted by Gasteiger charge is 2.40. The molecule has 6 nitrogen and oxygen atoms in total. The number of hydrogen-bond acceptors (Lipinski definition) is 3. The third-order valence-corrected chi connectivity index (χ3v) is 4.68. The lowest BCUT2D eigenvalue weighted by atomic mass is 9.92. The number of carbonyl (C=O) groups is 2. The van der Waals surface area contributed by atoms with E-state index in [1.54, 1.807) is 4.90 Å². The smallest absolute Gasteiger partial charge is 0.317 e. The summed E-state index contributed by atoms with van der Waals surface area (Å²) >= 11 is 3.39. The standard InChI is InChI=1S/C15H19BrN4O2/c1-2-17-14(22)20-7-5-15(6-8-20)18-12-4-3-10(16)9-11(12)13(21)19-15/h3-4,9,18H,2,5-8H2,1H3,(H,17,22)(H,19,21). The van der Waals surface area contributed by atoms with Crippen molar-refractivity contribution < 1.29 is 9.59 Å². The highest BCUT2D eigenvalue weighted by Crippen LogP contribution is 2.32. The zero-order valence-corrected chi connectivity index (χ0v) is 14.0. The Hall–Kier alpha value is -1.76. The molecule has 0 unspecified atom stereocenters. The molecule has 3 amide bonds. The van der Waals surface area contributed by atoms with Gasteiger partial charge in [-0.05, 0) is 25.1 Å². The zero-order chi connectivity index (χ0) is 15.7. The van der Waals surface area contributed by atoms with E-state index in [0.29, 0.717) is 38.0 Å². The van der Waals surface area contributed by atoms with Crippen molar-refractivity contribution in [2.45, 2.75) is 25.4 Å². The van der Waals surface area contributed by atoms with Gasteiger partial charge >= 0.3 is 6.03 Å². The van der Waals surface area contributed by atoms with Crippen LogP contribution in [-0.4, -0.2) is 42.1 Å². The summed E-state index contributed by atoms with van der Waals surface area (Å²) in [4.78, 5) is 26.0. The Morgan fingerprint density at radius 2 is 2.09 bits per heavy atom. The van der Waals surface area contributed by atoms with Gasteiger partial charge in [-0.2, -0.15) is 0 Å². The second kappa shape index (κ2) is 5.79. The summed E-state index contributed by atoms with van der Waals surface area (Å²) in [7, 11) is 0. The molecule has 3 rings (SSSR count). The van der Waals surface area contributed by atoms with E-state index < -0.39 is 5.66 Å². The Kier molecular flexibility index (Phi) is 3.99. The van der Waals surface area contributed by atoms with Crippen LogP contribution in [0.15, 0.2) is 22.7 Å². The third-order valence-electron chi connectivity index (χ3n) is 4.19. The molecule has 1 aromatic carbocycles. The van der Waals surface area contributed by atoms with Gasteiger partial charge in [-0.3, -0.25) is 4.79 Å². The summed E-state index contributed by atoms with van der Waals surface area (Å²) in [5.74, 6) is -0.0680. The maximum Gasteiger partial charge on any atom is 0.317 e. The van der Waals surface area contributed by atoms with Crippen LogP contribution >= 0.6 is 15.9 Å². The lowest BCUT2D eigenvalue weighted by molar-refractivity contribution is 0.0848. The number of piperidine rings is 1. The predicted molar refractivity (Wildman–Crippen MR) is 87.8 cm³/mol. The summed E-state index contributed by atoms with van der Waals surface area (Å²) in [5.41, 5.74) is 1.03. The number of hydrogen-bond donors (Lipinski definition) is 3. The topological polar surface area (TPSA) is 73.5 Å². The minimum absolute atomic E-state index is 0.0381. The van der Waals surface area contributed by atoms with Crippen LogP contribution in [-0.2, 0) is 0 Å². The Morgan fingerprint density at radius 3 is 2.77 bits per heavy atom. The molecule has 2 aliphatic rings. The summed E-state index contributed by atoms with van der Waals surface area (Å²) in [6.07, 6.45) is 1.37. The molecular weight excluding hydrogens is 348 g/mol. The van der Waals surface area contributed by atoms with Gasteiger partial charge in [0.15, 0.2) is 0 Å². The highest BCUT2D eigenvalue weighted by molar-refractivity contribution is 9.10. The molecule has 7 heteroatoms. The van der Waals surface area contributed by atoms with E-state index in [-0.39, 0.29) is 11.9 Å². The number of nitrogens with one attached hydrogen (secondary N) is 3. The minimum Gasteiger partial charge on any atom is -0.362 e. The van der Waals surface area contributed by atoms with Crippen molar-refractivity contribution >= 4 is 33.6 Å². The lowest BCUT2D eigenvalue weighted by Gasteiger charge is -2.45. The number of rotatable bonds is 1. The predicted octanol–water partition coefficient (Wildman–Crippen LogP) is 2.13. The number of benzene rings is 1. The molecule has 0 radical (unpaired) electrons. The SMILES string of the molecule is CCNC(=O)N1CCC2(CC1)NC(=O)c1cc(Br)ccc1N2. The Labute approximate surface area is 137 Å². The number of nitrogens with zero attached hydrogens (tertiary/aromatic N) is 1. The molecule has 22 heavy (non-hydrogen) atoms. The molecule has 2 aliphatic heterocycles. The number of amides is 3. The van der Waals surface area contributed by atoms with Gasteiger partial charge in [0.05, 0.1) is 5.56 Å². The average Bonchev–Trinajstić information content (AvgIpc) is 2.49. The molecule has 1 saturated heterocycles. The number of halogens is 1. The molecule has 1 spiro atoms. The molecule has 2 heterocycles. The maximum atomic E-state index is 12.4. The Balaban J connectivity index is 1.73. The maximum absolute atomic E-state index is 12.4. The number of likely N-dealkylation sites (tertiary alicyclic amines) is 1. The fourth-order valence-corrected chi connectivity index (χ4v) is 3.35. The van der Waals surface area contributed by atoms with Crippen molar-refractivity contribution in [2.75, 3.05) is 25.0 Å². The van der Waals surface area contributed by atoms with Crippen LogP contribution in [0.25, 0.3) is 0 Å². The lowest BCUT2D eigenvalue weighted by Crippen LogP contribution is -2.63. The number of urea groups is 1. The first-order valence-electron chi connectivity index (χ1n) is 7.46. The van der Waals surface area contributed by atoms with E-state index in [2.05, 4.69) is 31.9 Å². The summed E-state index contributed by atoms with van der Waals surface area (Å²) in [5, 5.41) is 9.34. The monoisotopic (exact) mass is 366 g/mol. The fourth-order valence-electron chi connectivity index (χ4n) is 2.99. The van der Waals surface area contributed by atoms with Crippen LogP contribution in [0.1, 0.15) is 30.1 Å². The van der Waals surface area contributed by atoms with Crippen LogP contribution in [0, 0.1) is 0 Å². The molecule has 1 fully saturated rings. The number of fused-ring (bicyclic) bond motifs is 1. The largest absolute Gasteiger partial charge is 0.362 e. The summed E-state index contributed by atoms with van der Waals surface area (Å²) in [6, 6.07) is 5.61. The molecule has 0 bridgehead atoms. The molecule has 0 aromatic heterocycles. The summed E-state index contributed by atoms with van der Waals surface area (Å²) < 4.78 is 0.880. The van der Waals surface area contributed by atoms with Crippen molar-refractivity contribution in [3.8, 4) is 0 Å². The van der Waals surface area contributed by atoms with Crippen LogP contribution in [0.5, 0.6) is 0 Å². The van der Waals surface area contributed by atoms with Crippen LogP contribution in [0.4, 0.5) is 10.5 Å². The van der Waals surface area contributed by atoms with Gasteiger partial charge in [0.1, 0.15) is 5.66 Å². The van der Waals surface area contributed by atoms with Gasteiger partial charge in [-0.25, -0.2) is 4.79 Å². The van der Waals surface area contributed by atoms with Crippen molar-refractivity contribution in [3.05, 3.63) is 28.2 Å². The van der Waals surface area contributed by atoms with Crippen LogP contribution in [0.3, 0.4) is 0 Å². The van der Waals surface area contributed by atoms with E-state index in [9.17, 15) is 9.59 Å². The molecule has 1 aromatic rings. The second-order valence-electron chi connectivity index (χ2n) is 5.67. The normalized spacial score (nSPS) is 19.2. The average molecular weight is 367 g/mol. The van der Waals surface area contributed by atoms with Crippen molar-refractivity contribution in [2.24, 2.45) is 0 Å². The van der Waals surface area contributed by atoms with Gasteiger partial charge in [-0.15, -0.1) is 0 Å². The Morgan fingerprint density at radius 1 is 1.36 bits per heavy atom. The zero-order valence-electron chi connectivity index (χ0n) is 12.4. The molecule has 0 saturated carbocycles. The molecular formula is C15H19BrN4O2. The number of anilines is 1. The fraction of sp³-hybridized carbons (Fsp3) is 0.467. The van der Waals surface area contributed by atoms with Gasteiger partial charge in [0.2, 0.25) is 0 Å². The quantitative estimate of drug-likeness (QED) is 0.712. The van der Waals surface area contributed by atoms with Gasteiger partial charge in [0, 0.05) is 42.6 Å². The van der Waals surface area contributed by atoms with Crippen molar-refractivity contribution in [1.82, 2.24) is 15.5 Å². The van der Waals surface area contributed by atoms with Crippen LogP contribution in [0.2, 0.25) is 0 Å². The van der Waals surface area contributed by atoms with Crippen LogP contribution < -0.4 is 16.0 Å². The van der Waals surface area contributed by atoms with E-state index >= 15 is 0 Å². The summed E-state index contributed by atoms with van der Waals surface area (Å²) in [6.45, 7) is 3.76. The van der Waals surface area contributed by atoms with Gasteiger partial charge in [-0.1, -0.05) is 15.9 Å². The highest BCUT2D eigenvalue weighted by atomic mass is 79.9. The molecule has 0 atom stereocenters. The second-order valence-corrected chi connectivity index (χ2v) is 6.59. The molecule has 3 N–H and O–H groups in total. The van der Waals surface area contributed by atoms with E-state index in [0.717, 1.165) is 10.2 Å². The minimum atomic E-state index is -0.457. The van der Waals surface area contributed by atoms with E-state index in [1.807, 2.05) is 25.1 Å². The van der Waals surface area contributed by atoms with Gasteiger partial charge in [0.25, 0.3) is 5.91 Å². The first-order chi connectivity index (χ1) is 10.5. The Bertz CT molecular complexity index is 612. The molecule has 0 aliphatic carbocycles. The van der Waals surface area contributed by atoms with Crippen molar-refractivity contribution in [3.63, 3.8) is 0 Å². The van der Waals surface area contributed by atoms with Gasteiger partial charge < -0.3 is 20.9 Å². The van der Waals surface area contributed by atoms with E-state index in [1.165, 1.54) is 0 Å². The van der Waals surface area contributed by atoms with E-state index in [4.69, 9.17) is 0 Å². The molecule has 118 valence electrons. The third kappa shape index (κ3) is 2.77. The number of carbonyl (C=O) groups excluding carboxylic acids is 2. The first kappa shape index (κ1) is 15.1.